The Morgan fingerprint density at radius 3 is 2.82 bits per heavy atom. The van der Waals surface area contributed by atoms with Gasteiger partial charge in [-0.2, -0.15) is 0 Å². The maximum Gasteiger partial charge on any atom is 0.407 e. The molecule has 0 aliphatic carbocycles. The number of carbonyl (C=O) groups is 1. The Bertz CT molecular complexity index is 365. The first kappa shape index (κ1) is 13.5. The van der Waals surface area contributed by atoms with Crippen molar-refractivity contribution in [3.63, 3.8) is 0 Å². The fourth-order valence-corrected chi connectivity index (χ4v) is 1.60. The van der Waals surface area contributed by atoms with Crippen LogP contribution in [0.5, 0.6) is 0 Å². The number of benzene rings is 1. The summed E-state index contributed by atoms with van der Waals surface area (Å²) >= 11 is 0. The van der Waals surface area contributed by atoms with E-state index in [9.17, 15) is 4.79 Å². The largest absolute Gasteiger partial charge is 0.447 e. The highest BCUT2D eigenvalue weighted by atomic mass is 16.6. The molecule has 0 spiro atoms. The van der Waals surface area contributed by atoms with Gasteiger partial charge in [-0.1, -0.05) is 24.3 Å². The van der Waals surface area contributed by atoms with Crippen LogP contribution in [0.2, 0.25) is 0 Å². The molecule has 0 heterocycles. The van der Waals surface area contributed by atoms with Crippen molar-refractivity contribution in [2.75, 3.05) is 13.2 Å². The van der Waals surface area contributed by atoms with Crippen molar-refractivity contribution in [2.45, 2.75) is 26.3 Å². The SMILES string of the molecule is Cc1ccccc1CC(C)NC(=O)OCCO. The van der Waals surface area contributed by atoms with E-state index in [1.807, 2.05) is 38.1 Å². The number of hydrogen-bond acceptors (Lipinski definition) is 3. The third-order valence-electron chi connectivity index (χ3n) is 2.48. The summed E-state index contributed by atoms with van der Waals surface area (Å²) < 4.78 is 4.73. The second kappa shape index (κ2) is 6.91. The van der Waals surface area contributed by atoms with Gasteiger partial charge in [0, 0.05) is 6.04 Å². The molecule has 1 unspecified atom stereocenters. The van der Waals surface area contributed by atoms with Gasteiger partial charge < -0.3 is 15.2 Å². The molecule has 0 radical (unpaired) electrons. The maximum absolute atomic E-state index is 11.2. The molecular weight excluding hydrogens is 218 g/mol. The quantitative estimate of drug-likeness (QED) is 0.818. The highest BCUT2D eigenvalue weighted by Crippen LogP contribution is 2.09. The molecule has 1 rings (SSSR count). The number of aliphatic hydroxyl groups excluding tert-OH is 1. The Balaban J connectivity index is 2.42. The lowest BCUT2D eigenvalue weighted by Crippen LogP contribution is -2.35. The molecule has 0 saturated heterocycles. The van der Waals surface area contributed by atoms with Gasteiger partial charge in [0.15, 0.2) is 0 Å². The molecule has 1 aromatic carbocycles. The second-order valence-corrected chi connectivity index (χ2v) is 4.04. The van der Waals surface area contributed by atoms with Gasteiger partial charge in [0.1, 0.15) is 6.61 Å². The molecule has 0 fully saturated rings. The van der Waals surface area contributed by atoms with Crippen molar-refractivity contribution in [1.29, 1.82) is 0 Å². The molecule has 1 atom stereocenters. The molecule has 2 N–H and O–H groups in total. The first-order chi connectivity index (χ1) is 8.13. The molecule has 0 bridgehead atoms. The van der Waals surface area contributed by atoms with Crippen molar-refractivity contribution >= 4 is 6.09 Å². The van der Waals surface area contributed by atoms with E-state index in [1.54, 1.807) is 0 Å². The number of nitrogens with one attached hydrogen (secondary N) is 1. The number of rotatable bonds is 5. The smallest absolute Gasteiger partial charge is 0.407 e. The van der Waals surface area contributed by atoms with Crippen LogP contribution < -0.4 is 5.32 Å². The molecule has 4 nitrogen and oxygen atoms in total. The molecule has 0 aromatic heterocycles. The van der Waals surface area contributed by atoms with Crippen molar-refractivity contribution < 1.29 is 14.6 Å². The fraction of sp³-hybridized carbons (Fsp3) is 0.462. The molecule has 1 amide bonds. The first-order valence-electron chi connectivity index (χ1n) is 5.72. The predicted molar refractivity (Wildman–Crippen MR) is 65.9 cm³/mol. The van der Waals surface area contributed by atoms with E-state index in [1.165, 1.54) is 11.1 Å². The van der Waals surface area contributed by atoms with Crippen molar-refractivity contribution in [2.24, 2.45) is 0 Å². The summed E-state index contributed by atoms with van der Waals surface area (Å²) in [4.78, 5) is 11.2. The third kappa shape index (κ3) is 4.87. The molecule has 1 aromatic rings. The number of aliphatic hydroxyl groups is 1. The average Bonchev–Trinajstić information content (AvgIpc) is 2.29. The zero-order valence-electron chi connectivity index (χ0n) is 10.3. The van der Waals surface area contributed by atoms with Gasteiger partial charge in [0.25, 0.3) is 0 Å². The average molecular weight is 237 g/mol. The normalized spacial score (nSPS) is 11.9. The van der Waals surface area contributed by atoms with Gasteiger partial charge in [0.2, 0.25) is 0 Å². The first-order valence-corrected chi connectivity index (χ1v) is 5.72. The maximum atomic E-state index is 11.2. The lowest BCUT2D eigenvalue weighted by molar-refractivity contribution is 0.116. The molecule has 94 valence electrons. The molecule has 17 heavy (non-hydrogen) atoms. The number of aryl methyl sites for hydroxylation is 1. The summed E-state index contributed by atoms with van der Waals surface area (Å²) in [5, 5.41) is 11.2. The van der Waals surface area contributed by atoms with Gasteiger partial charge in [-0.05, 0) is 31.4 Å². The minimum atomic E-state index is -0.486. The fourth-order valence-electron chi connectivity index (χ4n) is 1.60. The van der Waals surface area contributed by atoms with Crippen molar-refractivity contribution in [3.05, 3.63) is 35.4 Å². The van der Waals surface area contributed by atoms with Crippen LogP contribution >= 0.6 is 0 Å². The van der Waals surface area contributed by atoms with Crippen LogP contribution in [0.3, 0.4) is 0 Å². The Morgan fingerprint density at radius 2 is 2.18 bits per heavy atom. The van der Waals surface area contributed by atoms with Crippen molar-refractivity contribution in [3.8, 4) is 0 Å². The zero-order chi connectivity index (χ0) is 12.7. The van der Waals surface area contributed by atoms with Crippen LogP contribution in [0.15, 0.2) is 24.3 Å². The second-order valence-electron chi connectivity index (χ2n) is 4.04. The number of hydrogen-bond donors (Lipinski definition) is 2. The number of amides is 1. The van der Waals surface area contributed by atoms with Crippen molar-refractivity contribution in [1.82, 2.24) is 5.32 Å². The minimum absolute atomic E-state index is 0.00212. The standard InChI is InChI=1S/C13H19NO3/c1-10-5-3-4-6-12(10)9-11(2)14-13(16)17-8-7-15/h3-6,11,15H,7-9H2,1-2H3,(H,14,16). The lowest BCUT2D eigenvalue weighted by atomic mass is 10.0. The zero-order valence-corrected chi connectivity index (χ0v) is 10.3. The Kier molecular flexibility index (Phi) is 5.49. The number of carbonyl (C=O) groups excluding carboxylic acids is 1. The van der Waals surface area contributed by atoms with E-state index < -0.39 is 6.09 Å². The summed E-state index contributed by atoms with van der Waals surface area (Å²) in [6.07, 6.45) is 0.279. The summed E-state index contributed by atoms with van der Waals surface area (Å²) in [6.45, 7) is 3.85. The summed E-state index contributed by atoms with van der Waals surface area (Å²) in [7, 11) is 0. The van der Waals surface area contributed by atoms with Gasteiger partial charge in [-0.3, -0.25) is 0 Å². The van der Waals surface area contributed by atoms with Crippen LogP contribution in [0.25, 0.3) is 0 Å². The van der Waals surface area contributed by atoms with Gasteiger partial charge in [-0.15, -0.1) is 0 Å². The van der Waals surface area contributed by atoms with Gasteiger partial charge in [0.05, 0.1) is 6.61 Å². The van der Waals surface area contributed by atoms with E-state index in [2.05, 4.69) is 5.32 Å². The Morgan fingerprint density at radius 1 is 1.47 bits per heavy atom. The van der Waals surface area contributed by atoms with Crippen LogP contribution in [0.4, 0.5) is 4.79 Å². The summed E-state index contributed by atoms with van der Waals surface area (Å²) in [5.74, 6) is 0. The van der Waals surface area contributed by atoms with Crippen LogP contribution in [-0.4, -0.2) is 30.5 Å². The topological polar surface area (TPSA) is 58.6 Å². The van der Waals surface area contributed by atoms with Gasteiger partial charge >= 0.3 is 6.09 Å². The van der Waals surface area contributed by atoms with Crippen LogP contribution in [0, 0.1) is 6.92 Å². The molecular formula is C13H19NO3. The third-order valence-corrected chi connectivity index (χ3v) is 2.48. The van der Waals surface area contributed by atoms with Crippen LogP contribution in [0.1, 0.15) is 18.1 Å². The van der Waals surface area contributed by atoms with E-state index in [-0.39, 0.29) is 19.3 Å². The minimum Gasteiger partial charge on any atom is -0.447 e. The predicted octanol–water partition coefficient (Wildman–Crippen LogP) is 1.64. The monoisotopic (exact) mass is 237 g/mol. The van der Waals surface area contributed by atoms with E-state index in [0.29, 0.717) is 0 Å². The highest BCUT2D eigenvalue weighted by Gasteiger charge is 2.09. The molecule has 4 heteroatoms. The molecule has 0 aliphatic heterocycles. The summed E-state index contributed by atoms with van der Waals surface area (Å²) in [6, 6.07) is 8.08. The van der Waals surface area contributed by atoms with E-state index >= 15 is 0 Å². The molecule has 0 saturated carbocycles. The Hall–Kier alpha value is -1.55. The number of ether oxygens (including phenoxy) is 1. The van der Waals surface area contributed by atoms with Gasteiger partial charge in [-0.25, -0.2) is 4.79 Å². The van der Waals surface area contributed by atoms with E-state index in [0.717, 1.165) is 6.42 Å². The Labute approximate surface area is 102 Å². The summed E-state index contributed by atoms with van der Waals surface area (Å²) in [5.41, 5.74) is 2.42. The van der Waals surface area contributed by atoms with E-state index in [4.69, 9.17) is 9.84 Å². The molecule has 0 aliphatic rings. The lowest BCUT2D eigenvalue weighted by Gasteiger charge is -2.15. The highest BCUT2D eigenvalue weighted by molar-refractivity contribution is 5.67. The van der Waals surface area contributed by atoms with Crippen LogP contribution in [-0.2, 0) is 11.2 Å². The number of alkyl carbamates (subject to hydrolysis) is 1.